The van der Waals surface area contributed by atoms with Gasteiger partial charge in [0.1, 0.15) is 12.4 Å². The maximum absolute atomic E-state index is 13.6. The number of hydrogen-bond donors (Lipinski definition) is 0. The first-order chi connectivity index (χ1) is 8.31. The smallest absolute Gasteiger partial charge is 0.155 e. The van der Waals surface area contributed by atoms with Crippen LogP contribution in [0.1, 0.15) is 18.4 Å². The van der Waals surface area contributed by atoms with Gasteiger partial charge in [-0.15, -0.1) is 11.6 Å². The van der Waals surface area contributed by atoms with Crippen molar-refractivity contribution in [2.45, 2.75) is 19.4 Å². The fourth-order valence-corrected chi connectivity index (χ4v) is 2.00. The van der Waals surface area contributed by atoms with E-state index in [4.69, 9.17) is 16.3 Å². The molecule has 0 radical (unpaired) electrons. The molecule has 0 fully saturated rings. The lowest BCUT2D eigenvalue weighted by molar-refractivity contribution is 0.193. The number of rotatable bonds is 4. The van der Waals surface area contributed by atoms with Gasteiger partial charge < -0.3 is 4.74 Å². The van der Waals surface area contributed by atoms with Gasteiger partial charge in [-0.2, -0.15) is 0 Å². The molecule has 1 aromatic rings. The molecule has 1 nitrogen and oxygen atoms in total. The van der Waals surface area contributed by atoms with Gasteiger partial charge in [0.2, 0.25) is 0 Å². The van der Waals surface area contributed by atoms with Crippen LogP contribution in [0, 0.1) is 0 Å². The van der Waals surface area contributed by atoms with Gasteiger partial charge in [0, 0.05) is 12.0 Å². The molecule has 1 aliphatic rings. The van der Waals surface area contributed by atoms with Crippen molar-refractivity contribution in [3.63, 3.8) is 0 Å². The molecule has 0 spiro atoms. The van der Waals surface area contributed by atoms with E-state index in [0.29, 0.717) is 25.2 Å². The molecule has 0 saturated heterocycles. The quantitative estimate of drug-likeness (QED) is 0.724. The average molecular weight is 253 g/mol. The third-order valence-corrected chi connectivity index (χ3v) is 2.95. The summed E-state index contributed by atoms with van der Waals surface area (Å²) in [5.74, 6) is 0.423. The summed E-state index contributed by atoms with van der Waals surface area (Å²) < 4.78 is 19.2. The molecule has 0 aliphatic heterocycles. The zero-order chi connectivity index (χ0) is 12.1. The van der Waals surface area contributed by atoms with Crippen LogP contribution in [0.3, 0.4) is 0 Å². The Hall–Kier alpha value is -1.28. The first-order valence-electron chi connectivity index (χ1n) is 5.62. The first-order valence-corrected chi connectivity index (χ1v) is 6.15. The standard InChI is InChI=1S/C14H14ClFO/c15-9-12-7-4-8-13(16)14(12)17-10-11-5-2-1-3-6-11/h1-3,5-7H,4,8-10H2. The van der Waals surface area contributed by atoms with Crippen molar-refractivity contribution in [2.24, 2.45) is 0 Å². The predicted octanol–water partition coefficient (Wildman–Crippen LogP) is 4.34. The summed E-state index contributed by atoms with van der Waals surface area (Å²) in [5, 5.41) is 0. The van der Waals surface area contributed by atoms with Crippen LogP contribution in [0.2, 0.25) is 0 Å². The van der Waals surface area contributed by atoms with E-state index in [1.807, 2.05) is 36.4 Å². The molecule has 0 unspecified atom stereocenters. The topological polar surface area (TPSA) is 9.23 Å². The number of ether oxygens (including phenoxy) is 1. The van der Waals surface area contributed by atoms with Gasteiger partial charge >= 0.3 is 0 Å². The molecule has 0 amide bonds. The Morgan fingerprint density at radius 2 is 2.00 bits per heavy atom. The summed E-state index contributed by atoms with van der Waals surface area (Å²) in [6.07, 6.45) is 3.05. The highest BCUT2D eigenvalue weighted by Gasteiger charge is 2.17. The third kappa shape index (κ3) is 3.10. The van der Waals surface area contributed by atoms with Gasteiger partial charge in [0.05, 0.1) is 5.88 Å². The van der Waals surface area contributed by atoms with Crippen molar-refractivity contribution >= 4 is 11.6 Å². The van der Waals surface area contributed by atoms with Gasteiger partial charge in [-0.3, -0.25) is 0 Å². The van der Waals surface area contributed by atoms with Crippen LogP contribution < -0.4 is 0 Å². The first kappa shape index (κ1) is 12.2. The van der Waals surface area contributed by atoms with Crippen molar-refractivity contribution in [3.05, 3.63) is 59.1 Å². The maximum atomic E-state index is 13.6. The normalized spacial score (nSPS) is 15.8. The number of alkyl halides is 1. The predicted molar refractivity (Wildman–Crippen MR) is 67.4 cm³/mol. The fraction of sp³-hybridized carbons (Fsp3) is 0.286. The van der Waals surface area contributed by atoms with Gasteiger partial charge in [-0.1, -0.05) is 36.4 Å². The number of hydrogen-bond acceptors (Lipinski definition) is 1. The molecule has 1 aromatic carbocycles. The number of allylic oxidation sites excluding steroid dienone is 3. The summed E-state index contributed by atoms with van der Waals surface area (Å²) in [5.41, 5.74) is 1.78. The van der Waals surface area contributed by atoms with Crippen LogP contribution in [0.25, 0.3) is 0 Å². The van der Waals surface area contributed by atoms with E-state index in [1.165, 1.54) is 0 Å². The van der Waals surface area contributed by atoms with E-state index in [-0.39, 0.29) is 11.7 Å². The van der Waals surface area contributed by atoms with Crippen LogP contribution in [0.5, 0.6) is 0 Å². The summed E-state index contributed by atoms with van der Waals surface area (Å²) in [7, 11) is 0. The largest absolute Gasteiger partial charge is 0.486 e. The van der Waals surface area contributed by atoms with E-state index in [1.54, 1.807) is 0 Å². The minimum absolute atomic E-state index is 0.195. The Morgan fingerprint density at radius 1 is 1.24 bits per heavy atom. The summed E-state index contributed by atoms with van der Waals surface area (Å²) in [6, 6.07) is 9.70. The van der Waals surface area contributed by atoms with E-state index in [2.05, 4.69) is 0 Å². The highest BCUT2D eigenvalue weighted by atomic mass is 35.5. The Morgan fingerprint density at radius 3 is 2.71 bits per heavy atom. The van der Waals surface area contributed by atoms with Gasteiger partial charge in [-0.25, -0.2) is 4.39 Å². The summed E-state index contributed by atoms with van der Waals surface area (Å²) in [6.45, 7) is 0.373. The third-order valence-electron chi connectivity index (χ3n) is 2.66. The van der Waals surface area contributed by atoms with Crippen LogP contribution >= 0.6 is 11.6 Å². The molecular weight excluding hydrogens is 239 g/mol. The molecule has 0 saturated carbocycles. The zero-order valence-electron chi connectivity index (χ0n) is 9.46. The SMILES string of the molecule is FC1=C(OCc2ccccc2)C(CCl)=CCC1. The minimum atomic E-state index is -0.195. The second-order valence-electron chi connectivity index (χ2n) is 3.91. The average Bonchev–Trinajstić information content (AvgIpc) is 2.38. The van der Waals surface area contributed by atoms with Crippen molar-refractivity contribution < 1.29 is 9.13 Å². The molecule has 3 heteroatoms. The molecule has 0 aromatic heterocycles. The summed E-state index contributed by atoms with van der Waals surface area (Å²) >= 11 is 5.77. The molecule has 0 heterocycles. The highest BCUT2D eigenvalue weighted by Crippen LogP contribution is 2.28. The van der Waals surface area contributed by atoms with Gasteiger partial charge in [0.15, 0.2) is 5.76 Å². The fourth-order valence-electron chi connectivity index (χ4n) is 1.77. The molecule has 1 aliphatic carbocycles. The molecule has 90 valence electrons. The molecular formula is C14H14ClFO. The van der Waals surface area contributed by atoms with E-state index >= 15 is 0 Å². The lowest BCUT2D eigenvalue weighted by Gasteiger charge is -2.17. The van der Waals surface area contributed by atoms with Gasteiger partial charge in [-0.05, 0) is 12.0 Å². The minimum Gasteiger partial charge on any atom is -0.486 e. The van der Waals surface area contributed by atoms with Crippen molar-refractivity contribution in [2.75, 3.05) is 5.88 Å². The number of halogens is 2. The Labute approximate surface area is 106 Å². The van der Waals surface area contributed by atoms with Crippen LogP contribution in [-0.4, -0.2) is 5.88 Å². The van der Waals surface area contributed by atoms with Crippen LogP contribution in [0.4, 0.5) is 4.39 Å². The summed E-state index contributed by atoms with van der Waals surface area (Å²) in [4.78, 5) is 0. The van der Waals surface area contributed by atoms with Crippen LogP contribution in [-0.2, 0) is 11.3 Å². The van der Waals surface area contributed by atoms with E-state index < -0.39 is 0 Å². The molecule has 0 N–H and O–H groups in total. The second kappa shape index (κ2) is 5.87. The van der Waals surface area contributed by atoms with Crippen molar-refractivity contribution in [3.8, 4) is 0 Å². The molecule has 0 bridgehead atoms. The highest BCUT2D eigenvalue weighted by molar-refractivity contribution is 6.19. The zero-order valence-corrected chi connectivity index (χ0v) is 10.2. The van der Waals surface area contributed by atoms with Crippen molar-refractivity contribution in [1.29, 1.82) is 0 Å². The lowest BCUT2D eigenvalue weighted by atomic mass is 10.1. The maximum Gasteiger partial charge on any atom is 0.155 e. The van der Waals surface area contributed by atoms with E-state index in [9.17, 15) is 4.39 Å². The Bertz CT molecular complexity index is 437. The second-order valence-corrected chi connectivity index (χ2v) is 4.18. The Balaban J connectivity index is 2.05. The monoisotopic (exact) mass is 252 g/mol. The molecule has 0 atom stereocenters. The van der Waals surface area contributed by atoms with Crippen LogP contribution in [0.15, 0.2) is 53.6 Å². The van der Waals surface area contributed by atoms with Crippen molar-refractivity contribution in [1.82, 2.24) is 0 Å². The number of benzene rings is 1. The van der Waals surface area contributed by atoms with E-state index in [0.717, 1.165) is 11.1 Å². The van der Waals surface area contributed by atoms with Gasteiger partial charge in [0.25, 0.3) is 0 Å². The lowest BCUT2D eigenvalue weighted by Crippen LogP contribution is -2.04. The molecule has 17 heavy (non-hydrogen) atoms. The Kier molecular flexibility index (Phi) is 4.21. The molecule has 2 rings (SSSR count).